The van der Waals surface area contributed by atoms with Gasteiger partial charge in [-0.3, -0.25) is 4.79 Å². The van der Waals surface area contributed by atoms with E-state index in [9.17, 15) is 9.59 Å². The number of rotatable bonds is 7. The molecule has 0 radical (unpaired) electrons. The van der Waals surface area contributed by atoms with Crippen LogP contribution < -0.4 is 5.43 Å². The van der Waals surface area contributed by atoms with Crippen molar-refractivity contribution in [1.82, 2.24) is 19.5 Å². The number of ether oxygens (including phenoxy) is 1. The molecule has 0 aliphatic rings. The average molecular weight is 444 g/mol. The van der Waals surface area contributed by atoms with E-state index in [1.54, 1.807) is 36.2 Å². The second-order valence-electron chi connectivity index (χ2n) is 7.58. The Hall–Kier alpha value is -4.20. The maximum Gasteiger partial charge on any atom is 0.338 e. The summed E-state index contributed by atoms with van der Waals surface area (Å²) in [5.41, 5.74) is 8.62. The molecule has 0 aliphatic heterocycles. The molecule has 4 aromatic rings. The van der Waals surface area contributed by atoms with Crippen LogP contribution in [0.1, 0.15) is 34.2 Å². The first-order valence-electron chi connectivity index (χ1n) is 10.7. The number of benzene rings is 2. The maximum atomic E-state index is 12.3. The van der Waals surface area contributed by atoms with E-state index in [1.807, 2.05) is 56.3 Å². The van der Waals surface area contributed by atoms with Gasteiger partial charge in [-0.2, -0.15) is 5.10 Å². The molecular formula is C25H25N5O3. The minimum atomic E-state index is -0.336. The highest BCUT2D eigenvalue weighted by Crippen LogP contribution is 2.20. The zero-order chi connectivity index (χ0) is 23.4. The van der Waals surface area contributed by atoms with E-state index in [0.29, 0.717) is 12.2 Å². The molecule has 0 saturated carbocycles. The van der Waals surface area contributed by atoms with Gasteiger partial charge in [-0.1, -0.05) is 12.1 Å². The third kappa shape index (κ3) is 4.69. The number of para-hydroxylation sites is 2. The number of carbonyl (C=O) groups excluding carboxylic acids is 2. The zero-order valence-electron chi connectivity index (χ0n) is 18.8. The van der Waals surface area contributed by atoms with Crippen LogP contribution in [0.2, 0.25) is 0 Å². The molecule has 2 aromatic carbocycles. The van der Waals surface area contributed by atoms with E-state index in [4.69, 9.17) is 4.74 Å². The maximum absolute atomic E-state index is 12.3. The van der Waals surface area contributed by atoms with E-state index in [-0.39, 0.29) is 18.4 Å². The van der Waals surface area contributed by atoms with Crippen molar-refractivity contribution in [3.63, 3.8) is 0 Å². The van der Waals surface area contributed by atoms with Crippen molar-refractivity contribution in [3.8, 4) is 5.69 Å². The van der Waals surface area contributed by atoms with E-state index in [1.165, 1.54) is 0 Å². The van der Waals surface area contributed by atoms with Gasteiger partial charge in [-0.05, 0) is 63.2 Å². The minimum Gasteiger partial charge on any atom is -0.462 e. The standard InChI is InChI=1S/C25H25N5O3/c1-4-33-25(32)19-9-11-21(12-10-19)30-17(2)13-20(18(30)3)14-27-28-24(31)15-29-16-26-22-7-5-6-8-23(22)29/h5-14,16H,4,15H2,1-3H3,(H,28,31). The predicted octanol–water partition coefficient (Wildman–Crippen LogP) is 3.77. The van der Waals surface area contributed by atoms with Crippen molar-refractivity contribution in [3.05, 3.63) is 83.4 Å². The third-order valence-corrected chi connectivity index (χ3v) is 5.34. The van der Waals surface area contributed by atoms with Crippen LogP contribution in [0.25, 0.3) is 16.7 Å². The molecule has 0 atom stereocenters. The van der Waals surface area contributed by atoms with E-state index in [0.717, 1.165) is 33.7 Å². The van der Waals surface area contributed by atoms with Gasteiger partial charge in [0.05, 0.1) is 35.7 Å². The van der Waals surface area contributed by atoms with Gasteiger partial charge in [0.15, 0.2) is 0 Å². The van der Waals surface area contributed by atoms with Crippen LogP contribution in [0.5, 0.6) is 0 Å². The molecule has 8 heteroatoms. The topological polar surface area (TPSA) is 90.5 Å². The molecule has 0 spiro atoms. The van der Waals surface area contributed by atoms with Gasteiger partial charge < -0.3 is 13.9 Å². The number of nitrogens with zero attached hydrogens (tertiary/aromatic N) is 4. The summed E-state index contributed by atoms with van der Waals surface area (Å²) in [4.78, 5) is 28.5. The molecule has 0 saturated heterocycles. The summed E-state index contributed by atoms with van der Waals surface area (Å²) < 4.78 is 8.89. The van der Waals surface area contributed by atoms with Crippen LogP contribution in [0.3, 0.4) is 0 Å². The number of hydrazone groups is 1. The number of esters is 1. The van der Waals surface area contributed by atoms with Crippen LogP contribution in [0.4, 0.5) is 0 Å². The lowest BCUT2D eigenvalue weighted by molar-refractivity contribution is -0.121. The lowest BCUT2D eigenvalue weighted by Crippen LogP contribution is -2.22. The SMILES string of the molecule is CCOC(=O)c1ccc(-n2c(C)cc(C=NNC(=O)Cn3cnc4ccccc43)c2C)cc1. The molecule has 1 amide bonds. The molecule has 2 heterocycles. The highest BCUT2D eigenvalue weighted by Gasteiger charge is 2.12. The predicted molar refractivity (Wildman–Crippen MR) is 127 cm³/mol. The Kier molecular flexibility index (Phi) is 6.35. The fraction of sp³-hybridized carbons (Fsp3) is 0.200. The van der Waals surface area contributed by atoms with Gasteiger partial charge in [0, 0.05) is 22.6 Å². The number of fused-ring (bicyclic) bond motifs is 1. The molecule has 0 aliphatic carbocycles. The summed E-state index contributed by atoms with van der Waals surface area (Å²) in [6, 6.07) is 16.9. The molecule has 1 N–H and O–H groups in total. The van der Waals surface area contributed by atoms with Crippen LogP contribution in [0, 0.1) is 13.8 Å². The van der Waals surface area contributed by atoms with Gasteiger partial charge in [-0.15, -0.1) is 0 Å². The quantitative estimate of drug-likeness (QED) is 0.267. The Morgan fingerprint density at radius 2 is 1.88 bits per heavy atom. The number of carbonyl (C=O) groups is 2. The molecule has 33 heavy (non-hydrogen) atoms. The largest absolute Gasteiger partial charge is 0.462 e. The number of nitrogens with one attached hydrogen (secondary N) is 1. The van der Waals surface area contributed by atoms with Crippen LogP contribution in [-0.2, 0) is 16.1 Å². The molecule has 0 bridgehead atoms. The van der Waals surface area contributed by atoms with Gasteiger partial charge in [0.1, 0.15) is 6.54 Å². The Balaban J connectivity index is 1.44. The molecule has 4 rings (SSSR count). The van der Waals surface area contributed by atoms with Crippen molar-refractivity contribution >= 4 is 29.1 Å². The average Bonchev–Trinajstić information content (AvgIpc) is 3.34. The van der Waals surface area contributed by atoms with E-state index >= 15 is 0 Å². The number of amides is 1. The molecule has 168 valence electrons. The zero-order valence-corrected chi connectivity index (χ0v) is 18.8. The smallest absolute Gasteiger partial charge is 0.338 e. The van der Waals surface area contributed by atoms with Gasteiger partial charge in [-0.25, -0.2) is 15.2 Å². The summed E-state index contributed by atoms with van der Waals surface area (Å²) in [5, 5.41) is 4.14. The number of aryl methyl sites for hydroxylation is 1. The second-order valence-corrected chi connectivity index (χ2v) is 7.58. The highest BCUT2D eigenvalue weighted by molar-refractivity contribution is 5.89. The molecule has 2 aromatic heterocycles. The summed E-state index contributed by atoms with van der Waals surface area (Å²) in [6.07, 6.45) is 3.28. The van der Waals surface area contributed by atoms with Crippen LogP contribution in [0.15, 0.2) is 66.0 Å². The Bertz CT molecular complexity index is 1330. The number of aromatic nitrogens is 3. The summed E-state index contributed by atoms with van der Waals surface area (Å²) in [6.45, 7) is 6.22. The Labute approximate surface area is 191 Å². The van der Waals surface area contributed by atoms with Crippen molar-refractivity contribution in [2.45, 2.75) is 27.3 Å². The first-order chi connectivity index (χ1) is 16.0. The monoisotopic (exact) mass is 443 g/mol. The molecule has 0 fully saturated rings. The molecule has 8 nitrogen and oxygen atoms in total. The Morgan fingerprint density at radius 1 is 1.12 bits per heavy atom. The summed E-state index contributed by atoms with van der Waals surface area (Å²) in [7, 11) is 0. The second kappa shape index (κ2) is 9.52. The number of hydrogen-bond donors (Lipinski definition) is 1. The highest BCUT2D eigenvalue weighted by atomic mass is 16.5. The van der Waals surface area contributed by atoms with Crippen LogP contribution >= 0.6 is 0 Å². The van der Waals surface area contributed by atoms with Crippen molar-refractivity contribution in [2.24, 2.45) is 5.10 Å². The third-order valence-electron chi connectivity index (χ3n) is 5.34. The molecule has 0 unspecified atom stereocenters. The normalized spacial score (nSPS) is 11.2. The minimum absolute atomic E-state index is 0.129. The van der Waals surface area contributed by atoms with E-state index in [2.05, 4.69) is 20.1 Å². The first-order valence-corrected chi connectivity index (χ1v) is 10.7. The fourth-order valence-electron chi connectivity index (χ4n) is 3.78. The van der Waals surface area contributed by atoms with Crippen LogP contribution in [-0.4, -0.2) is 38.8 Å². The van der Waals surface area contributed by atoms with Crippen molar-refractivity contribution in [2.75, 3.05) is 6.61 Å². The number of imidazole rings is 1. The van der Waals surface area contributed by atoms with Crippen molar-refractivity contribution in [1.29, 1.82) is 0 Å². The van der Waals surface area contributed by atoms with Gasteiger partial charge in [0.2, 0.25) is 0 Å². The van der Waals surface area contributed by atoms with Gasteiger partial charge in [0.25, 0.3) is 5.91 Å². The lowest BCUT2D eigenvalue weighted by Gasteiger charge is -2.10. The fourth-order valence-corrected chi connectivity index (χ4v) is 3.78. The Morgan fingerprint density at radius 3 is 2.64 bits per heavy atom. The summed E-state index contributed by atoms with van der Waals surface area (Å²) >= 11 is 0. The van der Waals surface area contributed by atoms with E-state index < -0.39 is 0 Å². The number of hydrogen-bond acceptors (Lipinski definition) is 5. The first kappa shape index (κ1) is 22.0. The molecular weight excluding hydrogens is 418 g/mol. The van der Waals surface area contributed by atoms with Gasteiger partial charge >= 0.3 is 5.97 Å². The lowest BCUT2D eigenvalue weighted by atomic mass is 10.2. The van der Waals surface area contributed by atoms with Crippen molar-refractivity contribution < 1.29 is 14.3 Å². The summed E-state index contributed by atoms with van der Waals surface area (Å²) in [5.74, 6) is -0.574.